The van der Waals surface area contributed by atoms with E-state index in [1.165, 1.54) is 57.8 Å². The molecule has 5 aliphatic rings. The minimum absolute atomic E-state index is 0.0905. The summed E-state index contributed by atoms with van der Waals surface area (Å²) in [6.07, 6.45) is 17.5. The lowest BCUT2D eigenvalue weighted by Gasteiger charge is -2.58. The van der Waals surface area contributed by atoms with Crippen LogP contribution in [0.25, 0.3) is 0 Å². The van der Waals surface area contributed by atoms with Gasteiger partial charge in [-0.25, -0.2) is 0 Å². The molecule has 0 radical (unpaired) electrons. The molecule has 5 rings (SSSR count). The Morgan fingerprint density at radius 1 is 1.03 bits per heavy atom. The van der Waals surface area contributed by atoms with Crippen molar-refractivity contribution in [1.29, 1.82) is 0 Å². The summed E-state index contributed by atoms with van der Waals surface area (Å²) in [4.78, 5) is 11.6. The maximum absolute atomic E-state index is 11.6. The molecular formula is C31H50O2. The van der Waals surface area contributed by atoms with Crippen LogP contribution in [0.1, 0.15) is 119 Å². The molecule has 0 aromatic heterocycles. The van der Waals surface area contributed by atoms with E-state index < -0.39 is 0 Å². The van der Waals surface area contributed by atoms with Gasteiger partial charge in [-0.3, -0.25) is 4.79 Å². The van der Waals surface area contributed by atoms with Crippen LogP contribution in [0.15, 0.2) is 11.6 Å². The van der Waals surface area contributed by atoms with Crippen LogP contribution in [0.3, 0.4) is 0 Å². The molecule has 0 aromatic carbocycles. The molecule has 4 fully saturated rings. The van der Waals surface area contributed by atoms with Gasteiger partial charge in [0.05, 0.1) is 0 Å². The van der Waals surface area contributed by atoms with Gasteiger partial charge in [0.15, 0.2) is 0 Å². The van der Waals surface area contributed by atoms with E-state index in [1.807, 2.05) is 5.57 Å². The third-order valence-corrected chi connectivity index (χ3v) is 12.7. The number of fused-ring (bicyclic) bond motifs is 3. The predicted octanol–water partition coefficient (Wildman–Crippen LogP) is 8.35. The van der Waals surface area contributed by atoms with Crippen LogP contribution in [0.2, 0.25) is 0 Å². The Morgan fingerprint density at radius 2 is 1.79 bits per heavy atom. The maximum Gasteiger partial charge on any atom is 0.302 e. The van der Waals surface area contributed by atoms with Crippen molar-refractivity contribution < 1.29 is 9.53 Å². The zero-order valence-electron chi connectivity index (χ0n) is 22.6. The van der Waals surface area contributed by atoms with E-state index in [1.54, 1.807) is 6.92 Å². The lowest BCUT2D eigenvalue weighted by atomic mass is 9.47. The first kappa shape index (κ1) is 23.9. The summed E-state index contributed by atoms with van der Waals surface area (Å²) in [6.45, 7) is 16.8. The fourth-order valence-corrected chi connectivity index (χ4v) is 10.1. The van der Waals surface area contributed by atoms with E-state index in [2.05, 4.69) is 47.6 Å². The molecule has 0 unspecified atom stereocenters. The quantitative estimate of drug-likeness (QED) is 0.298. The van der Waals surface area contributed by atoms with Gasteiger partial charge in [-0.2, -0.15) is 0 Å². The van der Waals surface area contributed by atoms with E-state index in [0.29, 0.717) is 21.7 Å². The molecule has 9 atom stereocenters. The van der Waals surface area contributed by atoms with Gasteiger partial charge in [-0.05, 0) is 109 Å². The molecule has 33 heavy (non-hydrogen) atoms. The smallest absolute Gasteiger partial charge is 0.302 e. The minimum atomic E-state index is -0.0905. The van der Waals surface area contributed by atoms with Crippen LogP contribution in [-0.4, -0.2) is 12.1 Å². The average Bonchev–Trinajstić information content (AvgIpc) is 3.35. The first-order valence-corrected chi connectivity index (χ1v) is 14.4. The number of ether oxygens (including phenoxy) is 1. The first-order valence-electron chi connectivity index (χ1n) is 14.4. The molecule has 0 spiro atoms. The van der Waals surface area contributed by atoms with Gasteiger partial charge in [0.2, 0.25) is 0 Å². The highest BCUT2D eigenvalue weighted by atomic mass is 16.5. The molecular weight excluding hydrogens is 404 g/mol. The fourth-order valence-electron chi connectivity index (χ4n) is 10.1. The van der Waals surface area contributed by atoms with E-state index in [4.69, 9.17) is 4.74 Å². The number of rotatable bonds is 6. The molecule has 0 saturated heterocycles. The van der Waals surface area contributed by atoms with Gasteiger partial charge in [0.25, 0.3) is 0 Å². The first-order chi connectivity index (χ1) is 15.5. The number of allylic oxidation sites excluding steroid dienone is 2. The lowest BCUT2D eigenvalue weighted by molar-refractivity contribution is -0.149. The van der Waals surface area contributed by atoms with E-state index >= 15 is 0 Å². The summed E-state index contributed by atoms with van der Waals surface area (Å²) in [7, 11) is 0. The van der Waals surface area contributed by atoms with Crippen LogP contribution in [0.4, 0.5) is 0 Å². The van der Waals surface area contributed by atoms with Gasteiger partial charge in [-0.15, -0.1) is 0 Å². The van der Waals surface area contributed by atoms with Crippen LogP contribution >= 0.6 is 0 Å². The van der Waals surface area contributed by atoms with Crippen molar-refractivity contribution in [2.24, 2.45) is 51.2 Å². The minimum Gasteiger partial charge on any atom is -0.463 e. The Kier molecular flexibility index (Phi) is 5.70. The molecule has 0 heterocycles. The highest BCUT2D eigenvalue weighted by Crippen LogP contribution is 2.83. The largest absolute Gasteiger partial charge is 0.463 e. The van der Waals surface area contributed by atoms with Crippen molar-refractivity contribution in [2.45, 2.75) is 125 Å². The van der Waals surface area contributed by atoms with Crippen LogP contribution in [0, 0.1) is 51.2 Å². The van der Waals surface area contributed by atoms with Gasteiger partial charge >= 0.3 is 5.97 Å². The van der Waals surface area contributed by atoms with Crippen LogP contribution in [0.5, 0.6) is 0 Å². The molecule has 0 bridgehead atoms. The molecule has 0 aliphatic heterocycles. The number of esters is 1. The maximum atomic E-state index is 11.6. The Hall–Kier alpha value is -0.790. The Labute approximate surface area is 203 Å². The average molecular weight is 455 g/mol. The summed E-state index contributed by atoms with van der Waals surface area (Å²) >= 11 is 0. The number of hydrogen-bond acceptors (Lipinski definition) is 2. The van der Waals surface area contributed by atoms with Crippen molar-refractivity contribution in [2.75, 3.05) is 0 Å². The standard InChI is InChI=1S/C31H50O2/c1-20(2)21(3)8-9-22(4)25-11-14-29(7)26-13-16-30-18-24(33-23(5)32)10-17-31(30,19-30)27(26)12-15-28(25,29)6/h12,20-22,24-26H,8-11,13-19H2,1-7H3/t21-,22-,24+,25-,26-,28-,29+,30-,31+/m1/s1. The van der Waals surface area contributed by atoms with Gasteiger partial charge in [0, 0.05) is 6.92 Å². The van der Waals surface area contributed by atoms with Crippen LogP contribution in [-0.2, 0) is 9.53 Å². The van der Waals surface area contributed by atoms with Crippen LogP contribution < -0.4 is 0 Å². The zero-order valence-corrected chi connectivity index (χ0v) is 22.6. The molecule has 4 saturated carbocycles. The molecule has 186 valence electrons. The van der Waals surface area contributed by atoms with Crippen molar-refractivity contribution in [3.8, 4) is 0 Å². The summed E-state index contributed by atoms with van der Waals surface area (Å²) in [5.74, 6) is 4.07. The molecule has 5 aliphatic carbocycles. The van der Waals surface area contributed by atoms with Crippen molar-refractivity contribution >= 4 is 5.97 Å². The van der Waals surface area contributed by atoms with Crippen molar-refractivity contribution in [1.82, 2.24) is 0 Å². The fraction of sp³-hybridized carbons (Fsp3) is 0.903. The number of carbonyl (C=O) groups excluding carboxylic acids is 1. The third kappa shape index (κ3) is 3.35. The zero-order chi connectivity index (χ0) is 23.8. The monoisotopic (exact) mass is 454 g/mol. The van der Waals surface area contributed by atoms with Gasteiger partial charge in [-0.1, -0.05) is 66.0 Å². The second-order valence-corrected chi connectivity index (χ2v) is 14.2. The molecule has 0 amide bonds. The molecule has 0 N–H and O–H groups in total. The van der Waals surface area contributed by atoms with E-state index in [9.17, 15) is 4.79 Å². The Morgan fingerprint density at radius 3 is 2.48 bits per heavy atom. The summed E-state index contributed by atoms with van der Waals surface area (Å²) < 4.78 is 5.71. The highest BCUT2D eigenvalue weighted by molar-refractivity contribution is 5.66. The molecule has 0 aromatic rings. The topological polar surface area (TPSA) is 26.3 Å². The third-order valence-electron chi connectivity index (χ3n) is 12.7. The normalized spacial score (nSPS) is 47.5. The number of carbonyl (C=O) groups is 1. The molecule has 2 heteroatoms. The number of hydrogen-bond donors (Lipinski definition) is 0. The van der Waals surface area contributed by atoms with Gasteiger partial charge in [0.1, 0.15) is 6.10 Å². The Balaban J connectivity index is 1.35. The summed E-state index contributed by atoms with van der Waals surface area (Å²) in [5.41, 5.74) is 3.72. The second kappa shape index (κ2) is 7.86. The van der Waals surface area contributed by atoms with Crippen molar-refractivity contribution in [3.05, 3.63) is 11.6 Å². The second-order valence-electron chi connectivity index (χ2n) is 14.2. The summed E-state index contributed by atoms with van der Waals surface area (Å²) in [5, 5.41) is 0. The lowest BCUT2D eigenvalue weighted by Crippen LogP contribution is -2.50. The summed E-state index contributed by atoms with van der Waals surface area (Å²) in [6, 6.07) is 0. The SMILES string of the molecule is CC(=O)O[C@H]1CC[C@@]23C[C@@]2(CC[C@@H]2C3=CC[C@]3(C)[C@@H]([C@H](C)CC[C@@H](C)C(C)C)CC[C@@]23C)C1. The van der Waals surface area contributed by atoms with Gasteiger partial charge < -0.3 is 4.74 Å². The van der Waals surface area contributed by atoms with E-state index in [-0.39, 0.29) is 12.1 Å². The Bertz CT molecular complexity index is 827. The van der Waals surface area contributed by atoms with E-state index in [0.717, 1.165) is 42.4 Å². The highest BCUT2D eigenvalue weighted by Gasteiger charge is 2.75. The van der Waals surface area contributed by atoms with Crippen molar-refractivity contribution in [3.63, 3.8) is 0 Å². The predicted molar refractivity (Wildman–Crippen MR) is 136 cm³/mol. The molecule has 2 nitrogen and oxygen atoms in total.